The van der Waals surface area contributed by atoms with Crippen LogP contribution in [0.15, 0.2) is 42.5 Å². The highest BCUT2D eigenvalue weighted by Gasteiger charge is 2.37. The lowest BCUT2D eigenvalue weighted by Crippen LogP contribution is -2.63. The van der Waals surface area contributed by atoms with Crippen LogP contribution in [0.2, 0.25) is 0 Å². The van der Waals surface area contributed by atoms with E-state index in [0.717, 1.165) is 25.2 Å². The van der Waals surface area contributed by atoms with Crippen molar-refractivity contribution < 1.29 is 19.8 Å². The smallest absolute Gasteiger partial charge is 0.290 e. The summed E-state index contributed by atoms with van der Waals surface area (Å²) >= 11 is 0. The van der Waals surface area contributed by atoms with Gasteiger partial charge in [0, 0.05) is 36.3 Å². The van der Waals surface area contributed by atoms with Gasteiger partial charge in [0.05, 0.1) is 11.6 Å². The fourth-order valence-corrected chi connectivity index (χ4v) is 4.33. The molecule has 2 aromatic carbocycles. The molecule has 1 amide bonds. The number of amides is 1. The Morgan fingerprint density at radius 1 is 1.19 bits per heavy atom. The fraction of sp³-hybridized carbons (Fsp3) is 0.375. The zero-order valence-corrected chi connectivity index (χ0v) is 17.6. The van der Waals surface area contributed by atoms with Gasteiger partial charge >= 0.3 is 0 Å². The number of likely N-dealkylation sites (tertiary alicyclic amines) is 2. The summed E-state index contributed by atoms with van der Waals surface area (Å²) in [5.41, 5.74) is 2.40. The largest absolute Gasteiger partial charge is 0.507 e. The van der Waals surface area contributed by atoms with Crippen molar-refractivity contribution in [2.24, 2.45) is 0 Å². The molecule has 2 heterocycles. The number of phenols is 1. The molecule has 2 aromatic rings. The van der Waals surface area contributed by atoms with E-state index in [4.69, 9.17) is 15.2 Å². The fourth-order valence-electron chi connectivity index (χ4n) is 4.33. The molecule has 0 spiro atoms. The van der Waals surface area contributed by atoms with Gasteiger partial charge < -0.3 is 15.1 Å². The van der Waals surface area contributed by atoms with E-state index >= 15 is 0 Å². The van der Waals surface area contributed by atoms with Crippen LogP contribution < -0.4 is 0 Å². The molecule has 2 aliphatic rings. The Labute approximate surface area is 182 Å². The molecule has 0 radical (unpaired) electrons. The summed E-state index contributed by atoms with van der Waals surface area (Å²) < 4.78 is 0. The molecule has 0 bridgehead atoms. The van der Waals surface area contributed by atoms with Gasteiger partial charge in [-0.2, -0.15) is 5.26 Å². The van der Waals surface area contributed by atoms with E-state index in [0.29, 0.717) is 28.8 Å². The Kier molecular flexibility index (Phi) is 7.27. The number of phenolic OH excluding ortho intramolecular Hbond substituents is 1. The van der Waals surface area contributed by atoms with E-state index in [-0.39, 0.29) is 18.1 Å². The highest BCUT2D eigenvalue weighted by molar-refractivity contribution is 5.96. The van der Waals surface area contributed by atoms with Crippen LogP contribution in [0.4, 0.5) is 0 Å². The minimum absolute atomic E-state index is 0.0266. The predicted octanol–water partition coefficient (Wildman–Crippen LogP) is 3.33. The molecule has 7 nitrogen and oxygen atoms in total. The van der Waals surface area contributed by atoms with Crippen molar-refractivity contribution >= 4 is 12.4 Å². The molecule has 31 heavy (non-hydrogen) atoms. The minimum Gasteiger partial charge on any atom is -0.507 e. The molecule has 4 rings (SSSR count). The van der Waals surface area contributed by atoms with Gasteiger partial charge in [-0.15, -0.1) is 0 Å². The van der Waals surface area contributed by atoms with Crippen molar-refractivity contribution in [2.75, 3.05) is 19.6 Å². The van der Waals surface area contributed by atoms with Gasteiger partial charge in [-0.1, -0.05) is 18.6 Å². The highest BCUT2D eigenvalue weighted by atomic mass is 16.3. The number of nitriles is 1. The van der Waals surface area contributed by atoms with Crippen molar-refractivity contribution in [1.82, 2.24) is 9.80 Å². The van der Waals surface area contributed by atoms with Crippen molar-refractivity contribution in [3.05, 3.63) is 53.6 Å². The van der Waals surface area contributed by atoms with Gasteiger partial charge in [0.2, 0.25) is 0 Å². The third-order valence-electron chi connectivity index (χ3n) is 6.02. The summed E-state index contributed by atoms with van der Waals surface area (Å²) in [5, 5.41) is 26.2. The molecule has 2 N–H and O–H groups in total. The number of hydrogen-bond acceptors (Lipinski definition) is 5. The second kappa shape index (κ2) is 10.1. The monoisotopic (exact) mass is 421 g/mol. The van der Waals surface area contributed by atoms with Gasteiger partial charge in [-0.3, -0.25) is 14.5 Å². The van der Waals surface area contributed by atoms with Crippen molar-refractivity contribution in [1.29, 1.82) is 5.26 Å². The van der Waals surface area contributed by atoms with E-state index in [1.807, 2.05) is 23.1 Å². The topological polar surface area (TPSA) is 105 Å². The first-order valence-corrected chi connectivity index (χ1v) is 10.4. The second-order valence-corrected chi connectivity index (χ2v) is 7.98. The number of aromatic hydroxyl groups is 1. The predicted molar refractivity (Wildman–Crippen MR) is 117 cm³/mol. The van der Waals surface area contributed by atoms with Crippen LogP contribution >= 0.6 is 0 Å². The zero-order valence-electron chi connectivity index (χ0n) is 17.6. The van der Waals surface area contributed by atoms with Crippen LogP contribution in [0.3, 0.4) is 0 Å². The number of carbonyl (C=O) groups excluding carboxylic acids is 1. The number of rotatable bonds is 3. The summed E-state index contributed by atoms with van der Waals surface area (Å²) in [7, 11) is 0. The molecule has 0 saturated carbocycles. The van der Waals surface area contributed by atoms with Crippen molar-refractivity contribution in [3.8, 4) is 22.9 Å². The lowest BCUT2D eigenvalue weighted by Gasteiger charge is -2.49. The SMILES string of the molecule is CC1CCCCN1C1CN(C(=O)c2cccc(-c3cc(C#N)ccc3O)c2)C1.O=CO. The highest BCUT2D eigenvalue weighted by Crippen LogP contribution is 2.31. The molecule has 1 unspecified atom stereocenters. The van der Waals surface area contributed by atoms with Crippen LogP contribution in [0, 0.1) is 11.3 Å². The zero-order chi connectivity index (χ0) is 22.4. The first kappa shape index (κ1) is 22.3. The summed E-state index contributed by atoms with van der Waals surface area (Å²) in [6.07, 6.45) is 3.81. The maximum Gasteiger partial charge on any atom is 0.290 e. The Hall–Kier alpha value is -3.37. The van der Waals surface area contributed by atoms with E-state index in [2.05, 4.69) is 17.9 Å². The van der Waals surface area contributed by atoms with Crippen molar-refractivity contribution in [3.63, 3.8) is 0 Å². The van der Waals surface area contributed by atoms with Gasteiger partial charge in [0.25, 0.3) is 12.4 Å². The average Bonchev–Trinajstić information content (AvgIpc) is 2.75. The van der Waals surface area contributed by atoms with Crippen LogP contribution in [0.1, 0.15) is 42.1 Å². The molecule has 0 aliphatic carbocycles. The molecule has 7 heteroatoms. The van der Waals surface area contributed by atoms with Crippen LogP contribution in [-0.2, 0) is 4.79 Å². The van der Waals surface area contributed by atoms with E-state index < -0.39 is 0 Å². The Bertz CT molecular complexity index is 979. The maximum atomic E-state index is 12.9. The van der Waals surface area contributed by atoms with E-state index in [1.54, 1.807) is 18.2 Å². The number of nitrogens with zero attached hydrogens (tertiary/aromatic N) is 3. The van der Waals surface area contributed by atoms with Gasteiger partial charge in [0.1, 0.15) is 5.75 Å². The minimum atomic E-state index is -0.250. The van der Waals surface area contributed by atoms with Crippen LogP contribution in [0.25, 0.3) is 11.1 Å². The number of hydrogen-bond donors (Lipinski definition) is 2. The molecule has 2 saturated heterocycles. The molecular weight excluding hydrogens is 394 g/mol. The van der Waals surface area contributed by atoms with Gasteiger partial charge in [0.15, 0.2) is 0 Å². The molecular formula is C24H27N3O4. The normalized spacial score (nSPS) is 18.8. The lowest BCUT2D eigenvalue weighted by atomic mass is 9.96. The Balaban J connectivity index is 0.000000858. The average molecular weight is 421 g/mol. The maximum absolute atomic E-state index is 12.9. The summed E-state index contributed by atoms with van der Waals surface area (Å²) in [6, 6.07) is 15.2. The van der Waals surface area contributed by atoms with Gasteiger partial charge in [-0.05, 0) is 62.2 Å². The summed E-state index contributed by atoms with van der Waals surface area (Å²) in [6.45, 7) is 4.73. The Morgan fingerprint density at radius 3 is 2.61 bits per heavy atom. The molecule has 1 atom stereocenters. The van der Waals surface area contributed by atoms with Crippen LogP contribution in [-0.4, -0.2) is 64.1 Å². The Morgan fingerprint density at radius 2 is 1.94 bits per heavy atom. The number of benzene rings is 2. The van der Waals surface area contributed by atoms with Crippen LogP contribution in [0.5, 0.6) is 5.75 Å². The number of piperidine rings is 1. The number of carbonyl (C=O) groups is 2. The molecule has 2 fully saturated rings. The quantitative estimate of drug-likeness (QED) is 0.737. The molecule has 162 valence electrons. The number of carboxylic acid groups (broad SMARTS) is 1. The first-order valence-electron chi connectivity index (χ1n) is 10.4. The molecule has 2 aliphatic heterocycles. The molecule has 0 aromatic heterocycles. The van der Waals surface area contributed by atoms with Gasteiger partial charge in [-0.25, -0.2) is 0 Å². The standard InChI is InChI=1S/C23H25N3O2.CH2O2/c1-16-5-2-3-10-26(16)20-14-25(15-20)23(28)19-7-4-6-18(12-19)21-11-17(13-24)8-9-22(21)27;2-1-3/h4,6-9,11-12,16,20,27H,2-3,5,10,14-15H2,1H3;1H,(H,2,3). The summed E-state index contributed by atoms with van der Waals surface area (Å²) in [5.74, 6) is 0.130. The summed E-state index contributed by atoms with van der Waals surface area (Å²) in [4.78, 5) is 25.7. The van der Waals surface area contributed by atoms with E-state index in [1.165, 1.54) is 25.3 Å². The third-order valence-corrected chi connectivity index (χ3v) is 6.02. The first-order chi connectivity index (χ1) is 15.0. The third kappa shape index (κ3) is 5.04. The van der Waals surface area contributed by atoms with E-state index in [9.17, 15) is 9.90 Å². The second-order valence-electron chi connectivity index (χ2n) is 7.98. The lowest BCUT2D eigenvalue weighted by molar-refractivity contribution is -0.122. The van der Waals surface area contributed by atoms with Crippen molar-refractivity contribution in [2.45, 2.75) is 38.3 Å².